The largest absolute Gasteiger partial charge is 0.444 e. The SMILES string of the molecule is COP(=O)(CO)[C@@](C)(NC(=O)OC(C)(C)C)c1ccccc1. The van der Waals surface area contributed by atoms with Crippen LogP contribution in [0.15, 0.2) is 30.3 Å². The summed E-state index contributed by atoms with van der Waals surface area (Å²) < 4.78 is 23.2. The highest BCUT2D eigenvalue weighted by Crippen LogP contribution is 2.61. The Morgan fingerprint density at radius 3 is 2.18 bits per heavy atom. The van der Waals surface area contributed by atoms with Gasteiger partial charge in [-0.05, 0) is 33.3 Å². The first-order valence-corrected chi connectivity index (χ1v) is 8.71. The van der Waals surface area contributed by atoms with Gasteiger partial charge in [-0.2, -0.15) is 0 Å². The summed E-state index contributed by atoms with van der Waals surface area (Å²) in [5.74, 6) is 0. The van der Waals surface area contributed by atoms with E-state index >= 15 is 0 Å². The molecule has 7 heteroatoms. The maximum atomic E-state index is 12.9. The molecule has 0 radical (unpaired) electrons. The highest BCUT2D eigenvalue weighted by Gasteiger charge is 2.48. The number of hydrogen-bond donors (Lipinski definition) is 2. The number of benzene rings is 1. The van der Waals surface area contributed by atoms with Gasteiger partial charge >= 0.3 is 6.09 Å². The van der Waals surface area contributed by atoms with Gasteiger partial charge in [-0.1, -0.05) is 30.3 Å². The molecular formula is C15H24NO5P. The lowest BCUT2D eigenvalue weighted by Crippen LogP contribution is -2.46. The molecule has 0 aliphatic carbocycles. The summed E-state index contributed by atoms with van der Waals surface area (Å²) in [5.41, 5.74) is -0.141. The van der Waals surface area contributed by atoms with Crippen LogP contribution in [0.5, 0.6) is 0 Å². The van der Waals surface area contributed by atoms with Gasteiger partial charge in [0.2, 0.25) is 0 Å². The highest BCUT2D eigenvalue weighted by molar-refractivity contribution is 7.59. The lowest BCUT2D eigenvalue weighted by atomic mass is 10.1. The summed E-state index contributed by atoms with van der Waals surface area (Å²) in [6.07, 6.45) is -1.44. The Labute approximate surface area is 131 Å². The Bertz CT molecular complexity index is 547. The number of amides is 1. The fraction of sp³-hybridized carbons (Fsp3) is 0.533. The van der Waals surface area contributed by atoms with Crippen molar-refractivity contribution < 1.29 is 23.7 Å². The molecule has 0 aliphatic heterocycles. The van der Waals surface area contributed by atoms with Crippen LogP contribution in [0.2, 0.25) is 0 Å². The van der Waals surface area contributed by atoms with E-state index in [9.17, 15) is 14.5 Å². The average molecular weight is 329 g/mol. The van der Waals surface area contributed by atoms with Crippen molar-refractivity contribution in [2.45, 2.75) is 38.6 Å². The van der Waals surface area contributed by atoms with E-state index < -0.39 is 30.7 Å². The van der Waals surface area contributed by atoms with E-state index in [0.29, 0.717) is 5.56 Å². The molecule has 2 atom stereocenters. The predicted octanol–water partition coefficient (Wildman–Crippen LogP) is 3.26. The maximum absolute atomic E-state index is 12.9. The summed E-state index contributed by atoms with van der Waals surface area (Å²) in [6.45, 7) is 6.74. The third-order valence-electron chi connectivity index (χ3n) is 3.24. The van der Waals surface area contributed by atoms with E-state index in [2.05, 4.69) is 5.32 Å². The van der Waals surface area contributed by atoms with E-state index in [4.69, 9.17) is 9.26 Å². The van der Waals surface area contributed by atoms with E-state index in [0.717, 1.165) is 0 Å². The first-order chi connectivity index (χ1) is 10.1. The molecule has 0 heterocycles. The van der Waals surface area contributed by atoms with Gasteiger partial charge in [0.1, 0.15) is 17.2 Å². The van der Waals surface area contributed by atoms with Crippen molar-refractivity contribution in [1.29, 1.82) is 0 Å². The molecule has 0 aliphatic rings. The Hall–Kier alpha value is -1.36. The van der Waals surface area contributed by atoms with E-state index in [1.165, 1.54) is 7.11 Å². The number of aliphatic hydroxyl groups is 1. The van der Waals surface area contributed by atoms with Crippen molar-refractivity contribution in [2.24, 2.45) is 0 Å². The second kappa shape index (κ2) is 6.82. The fourth-order valence-corrected chi connectivity index (χ4v) is 3.57. The summed E-state index contributed by atoms with van der Waals surface area (Å²) in [6, 6.07) is 8.72. The minimum absolute atomic E-state index is 0.556. The molecule has 0 spiro atoms. The Morgan fingerprint density at radius 2 is 1.77 bits per heavy atom. The normalized spacial score (nSPS) is 17.2. The first-order valence-electron chi connectivity index (χ1n) is 6.90. The van der Waals surface area contributed by atoms with Crippen molar-refractivity contribution in [1.82, 2.24) is 5.32 Å². The molecule has 1 amide bonds. The van der Waals surface area contributed by atoms with Gasteiger partial charge < -0.3 is 19.7 Å². The lowest BCUT2D eigenvalue weighted by Gasteiger charge is -2.37. The standard InChI is InChI=1S/C15H24NO5P/c1-14(2,3)21-13(18)16-15(4,22(19,11-17)20-5)12-9-7-6-8-10-12/h6-10,17H,11H2,1-5H3,(H,16,18)/t15-,22?/m1/s1. The summed E-state index contributed by atoms with van der Waals surface area (Å²) in [4.78, 5) is 12.1. The van der Waals surface area contributed by atoms with Gasteiger partial charge in [0.05, 0.1) is 0 Å². The molecule has 1 unspecified atom stereocenters. The number of hydrogen-bond acceptors (Lipinski definition) is 5. The average Bonchev–Trinajstić information content (AvgIpc) is 2.45. The van der Waals surface area contributed by atoms with Crippen LogP contribution < -0.4 is 5.32 Å². The van der Waals surface area contributed by atoms with Crippen molar-refractivity contribution in [3.05, 3.63) is 35.9 Å². The zero-order valence-corrected chi connectivity index (χ0v) is 14.5. The van der Waals surface area contributed by atoms with Gasteiger partial charge in [0.15, 0.2) is 0 Å². The van der Waals surface area contributed by atoms with Crippen LogP contribution in [-0.2, 0) is 19.1 Å². The van der Waals surface area contributed by atoms with Crippen molar-refractivity contribution in [3.8, 4) is 0 Å². The third kappa shape index (κ3) is 4.09. The second-order valence-electron chi connectivity index (χ2n) is 6.06. The molecule has 6 nitrogen and oxygen atoms in total. The molecule has 1 aromatic rings. The molecule has 22 heavy (non-hydrogen) atoms. The smallest absolute Gasteiger partial charge is 0.408 e. The summed E-state index contributed by atoms with van der Waals surface area (Å²) >= 11 is 0. The Balaban J connectivity index is 3.25. The van der Waals surface area contributed by atoms with Crippen LogP contribution in [0, 0.1) is 0 Å². The number of carbonyl (C=O) groups excluding carboxylic acids is 1. The monoisotopic (exact) mass is 329 g/mol. The molecule has 1 aromatic carbocycles. The van der Waals surface area contributed by atoms with Crippen molar-refractivity contribution >= 4 is 13.5 Å². The minimum atomic E-state index is -3.60. The molecule has 0 aromatic heterocycles. The number of alkyl carbamates (subject to hydrolysis) is 1. The van der Waals surface area contributed by atoms with Crippen LogP contribution in [0.25, 0.3) is 0 Å². The minimum Gasteiger partial charge on any atom is -0.444 e. The van der Waals surface area contributed by atoms with E-state index in [1.807, 2.05) is 0 Å². The molecular weight excluding hydrogens is 305 g/mol. The van der Waals surface area contributed by atoms with Crippen LogP contribution in [0.3, 0.4) is 0 Å². The summed E-state index contributed by atoms with van der Waals surface area (Å²) in [7, 11) is -2.36. The number of aliphatic hydroxyl groups excluding tert-OH is 1. The summed E-state index contributed by atoms with van der Waals surface area (Å²) in [5, 5.41) is 10.7. The van der Waals surface area contributed by atoms with Crippen LogP contribution >= 0.6 is 7.37 Å². The maximum Gasteiger partial charge on any atom is 0.408 e. The van der Waals surface area contributed by atoms with Crippen LogP contribution in [0.4, 0.5) is 4.79 Å². The quantitative estimate of drug-likeness (QED) is 0.810. The van der Waals surface area contributed by atoms with Gasteiger partial charge in [-0.15, -0.1) is 0 Å². The third-order valence-corrected chi connectivity index (χ3v) is 5.94. The number of carbonyl (C=O) groups is 1. The van der Waals surface area contributed by atoms with Gasteiger partial charge in [-0.25, -0.2) is 4.79 Å². The number of ether oxygens (including phenoxy) is 1. The van der Waals surface area contributed by atoms with E-state index in [1.54, 1.807) is 58.0 Å². The Morgan fingerprint density at radius 1 is 1.23 bits per heavy atom. The zero-order chi connectivity index (χ0) is 17.0. The van der Waals surface area contributed by atoms with Crippen LogP contribution in [0.1, 0.15) is 33.3 Å². The molecule has 124 valence electrons. The highest BCUT2D eigenvalue weighted by atomic mass is 31.2. The molecule has 1 rings (SSSR count). The van der Waals surface area contributed by atoms with Gasteiger partial charge in [-0.3, -0.25) is 4.57 Å². The zero-order valence-electron chi connectivity index (χ0n) is 13.6. The number of rotatable bonds is 5. The topological polar surface area (TPSA) is 84.9 Å². The molecule has 2 N–H and O–H groups in total. The number of nitrogens with one attached hydrogen (secondary N) is 1. The molecule has 0 saturated heterocycles. The van der Waals surface area contributed by atoms with Crippen molar-refractivity contribution in [2.75, 3.05) is 13.5 Å². The van der Waals surface area contributed by atoms with Gasteiger partial charge in [0.25, 0.3) is 7.37 Å². The predicted molar refractivity (Wildman–Crippen MR) is 84.9 cm³/mol. The fourth-order valence-electron chi connectivity index (χ4n) is 2.00. The van der Waals surface area contributed by atoms with E-state index in [-0.39, 0.29) is 0 Å². The Kier molecular flexibility index (Phi) is 5.79. The molecule has 0 saturated carbocycles. The molecule has 0 bridgehead atoms. The molecule has 0 fully saturated rings. The van der Waals surface area contributed by atoms with Crippen LogP contribution in [-0.4, -0.2) is 30.3 Å². The first kappa shape index (κ1) is 18.7. The lowest BCUT2D eigenvalue weighted by molar-refractivity contribution is 0.0486. The van der Waals surface area contributed by atoms with Gasteiger partial charge in [0, 0.05) is 7.11 Å². The van der Waals surface area contributed by atoms with Crippen molar-refractivity contribution in [3.63, 3.8) is 0 Å². The second-order valence-corrected chi connectivity index (χ2v) is 8.95.